The number of carbonyl (C=O) groups excluding carboxylic acids is 1. The molecule has 0 atom stereocenters. The Kier molecular flexibility index (Phi) is 3.27. The van der Waals surface area contributed by atoms with Gasteiger partial charge in [0.25, 0.3) is 0 Å². The molecule has 2 rings (SSSR count). The van der Waals surface area contributed by atoms with Crippen LogP contribution in [0.15, 0.2) is 24.4 Å². The lowest BCUT2D eigenvalue weighted by molar-refractivity contribution is 0.0966. The lowest BCUT2D eigenvalue weighted by atomic mass is 10.1. The number of phenolic OH excluding ortho intramolecular Hbond substituents is 2. The molecule has 6 heteroatoms. The van der Waals surface area contributed by atoms with Crippen LogP contribution in [0.25, 0.3) is 0 Å². The summed E-state index contributed by atoms with van der Waals surface area (Å²) in [5.41, 5.74) is 1.13. The van der Waals surface area contributed by atoms with E-state index < -0.39 is 0 Å². The number of phenols is 2. The Bertz CT molecular complexity index is 578. The molecule has 2 N–H and O–H groups in total. The largest absolute Gasteiger partial charge is 0.504 e. The Morgan fingerprint density at radius 1 is 1.33 bits per heavy atom. The second kappa shape index (κ2) is 4.87. The van der Waals surface area contributed by atoms with Gasteiger partial charge in [-0.2, -0.15) is 0 Å². The summed E-state index contributed by atoms with van der Waals surface area (Å²) in [6.07, 6.45) is 2.46. The predicted molar refractivity (Wildman–Crippen MR) is 63.5 cm³/mol. The van der Waals surface area contributed by atoms with E-state index >= 15 is 0 Å². The quantitative estimate of drug-likeness (QED) is 0.624. The summed E-state index contributed by atoms with van der Waals surface area (Å²) in [7, 11) is 0. The van der Waals surface area contributed by atoms with Gasteiger partial charge in [0.1, 0.15) is 6.54 Å². The van der Waals surface area contributed by atoms with Crippen molar-refractivity contribution in [2.75, 3.05) is 0 Å². The Labute approximate surface area is 103 Å². The van der Waals surface area contributed by atoms with Gasteiger partial charge in [-0.05, 0) is 24.6 Å². The van der Waals surface area contributed by atoms with Crippen LogP contribution in [0.1, 0.15) is 23.0 Å². The van der Waals surface area contributed by atoms with Crippen LogP contribution in [0.2, 0.25) is 0 Å². The number of benzene rings is 1. The fourth-order valence-electron chi connectivity index (χ4n) is 1.51. The standard InChI is InChI=1S/C12H13N3O3/c1-2-9-6-15(14-13-9)7-12(18)8-3-4-10(16)11(17)5-8/h3-6,16-17H,2,7H2,1H3. The number of hydrogen-bond donors (Lipinski definition) is 2. The number of nitrogens with zero attached hydrogens (tertiary/aromatic N) is 3. The Morgan fingerprint density at radius 2 is 2.11 bits per heavy atom. The van der Waals surface area contributed by atoms with Crippen molar-refractivity contribution < 1.29 is 15.0 Å². The van der Waals surface area contributed by atoms with Gasteiger partial charge >= 0.3 is 0 Å². The number of hydrogen-bond acceptors (Lipinski definition) is 5. The molecule has 0 spiro atoms. The van der Waals surface area contributed by atoms with Crippen LogP contribution in [-0.4, -0.2) is 31.0 Å². The molecular formula is C12H13N3O3. The van der Waals surface area contributed by atoms with Gasteiger partial charge in [-0.25, -0.2) is 4.68 Å². The van der Waals surface area contributed by atoms with Gasteiger partial charge in [-0.1, -0.05) is 12.1 Å². The smallest absolute Gasteiger partial charge is 0.184 e. The minimum absolute atomic E-state index is 0.0528. The Hall–Kier alpha value is -2.37. The van der Waals surface area contributed by atoms with Crippen molar-refractivity contribution in [2.24, 2.45) is 0 Å². The third-order valence-electron chi connectivity index (χ3n) is 2.55. The zero-order valence-electron chi connectivity index (χ0n) is 9.87. The van der Waals surface area contributed by atoms with Crippen molar-refractivity contribution in [1.82, 2.24) is 15.0 Å². The van der Waals surface area contributed by atoms with Gasteiger partial charge in [-0.15, -0.1) is 5.10 Å². The Balaban J connectivity index is 2.14. The first-order chi connectivity index (χ1) is 8.60. The van der Waals surface area contributed by atoms with Gasteiger partial charge in [0, 0.05) is 11.8 Å². The molecule has 0 radical (unpaired) electrons. The number of rotatable bonds is 4. The molecule has 2 aromatic rings. The number of carbonyl (C=O) groups is 1. The van der Waals surface area contributed by atoms with Crippen LogP contribution < -0.4 is 0 Å². The van der Waals surface area contributed by atoms with Crippen molar-refractivity contribution in [3.8, 4) is 11.5 Å². The van der Waals surface area contributed by atoms with Gasteiger partial charge in [0.15, 0.2) is 17.3 Å². The molecule has 0 saturated carbocycles. The summed E-state index contributed by atoms with van der Waals surface area (Å²) in [5, 5.41) is 26.2. The number of aromatic nitrogens is 3. The molecule has 1 aromatic heterocycles. The molecule has 0 amide bonds. The lowest BCUT2D eigenvalue weighted by Crippen LogP contribution is -2.10. The van der Waals surface area contributed by atoms with Crippen LogP contribution in [0, 0.1) is 0 Å². The molecule has 0 aliphatic heterocycles. The highest BCUT2D eigenvalue weighted by Gasteiger charge is 2.10. The Morgan fingerprint density at radius 3 is 2.72 bits per heavy atom. The summed E-state index contributed by atoms with van der Waals surface area (Å²) in [6.45, 7) is 2.01. The van der Waals surface area contributed by atoms with E-state index in [-0.39, 0.29) is 23.8 Å². The van der Waals surface area contributed by atoms with E-state index in [1.165, 1.54) is 22.9 Å². The first kappa shape index (κ1) is 12.1. The van der Waals surface area contributed by atoms with Crippen LogP contribution in [0.4, 0.5) is 0 Å². The normalized spacial score (nSPS) is 10.5. The fourth-order valence-corrected chi connectivity index (χ4v) is 1.51. The molecular weight excluding hydrogens is 234 g/mol. The minimum atomic E-state index is -0.311. The van der Waals surface area contributed by atoms with E-state index in [1.54, 1.807) is 6.20 Å². The highest BCUT2D eigenvalue weighted by atomic mass is 16.3. The topological polar surface area (TPSA) is 88.2 Å². The first-order valence-electron chi connectivity index (χ1n) is 5.54. The highest BCUT2D eigenvalue weighted by molar-refractivity contribution is 5.96. The molecule has 0 bridgehead atoms. The summed E-state index contributed by atoms with van der Waals surface area (Å²) in [4.78, 5) is 11.9. The average Bonchev–Trinajstić information content (AvgIpc) is 2.80. The molecule has 0 aliphatic rings. The van der Waals surface area contributed by atoms with Gasteiger partial charge < -0.3 is 10.2 Å². The maximum atomic E-state index is 11.9. The van der Waals surface area contributed by atoms with E-state index in [1.807, 2.05) is 6.92 Å². The predicted octanol–water partition coefficient (Wildman–Crippen LogP) is 1.13. The maximum absolute atomic E-state index is 11.9. The van der Waals surface area contributed by atoms with Gasteiger partial charge in [0.2, 0.25) is 0 Å². The van der Waals surface area contributed by atoms with E-state index in [0.29, 0.717) is 5.56 Å². The van der Waals surface area contributed by atoms with Crippen molar-refractivity contribution in [3.63, 3.8) is 0 Å². The van der Waals surface area contributed by atoms with E-state index in [2.05, 4.69) is 10.3 Å². The van der Waals surface area contributed by atoms with E-state index in [4.69, 9.17) is 5.11 Å². The number of ketones is 1. The number of aryl methyl sites for hydroxylation is 1. The summed E-state index contributed by atoms with van der Waals surface area (Å²) >= 11 is 0. The zero-order chi connectivity index (χ0) is 13.1. The number of Topliss-reactive ketones (excluding diaryl/α,β-unsaturated/α-hetero) is 1. The second-order valence-corrected chi connectivity index (χ2v) is 3.89. The van der Waals surface area contributed by atoms with Crippen molar-refractivity contribution >= 4 is 5.78 Å². The monoisotopic (exact) mass is 247 g/mol. The fraction of sp³-hybridized carbons (Fsp3) is 0.250. The molecule has 0 aliphatic carbocycles. The lowest BCUT2D eigenvalue weighted by Gasteiger charge is -2.02. The first-order valence-corrected chi connectivity index (χ1v) is 5.54. The zero-order valence-corrected chi connectivity index (χ0v) is 9.87. The summed E-state index contributed by atoms with van der Waals surface area (Å²) < 4.78 is 1.45. The average molecular weight is 247 g/mol. The van der Waals surface area contributed by atoms with Crippen molar-refractivity contribution in [2.45, 2.75) is 19.9 Å². The minimum Gasteiger partial charge on any atom is -0.504 e. The third kappa shape index (κ3) is 2.48. The van der Waals surface area contributed by atoms with E-state index in [9.17, 15) is 9.90 Å². The molecule has 6 nitrogen and oxygen atoms in total. The van der Waals surface area contributed by atoms with E-state index in [0.717, 1.165) is 12.1 Å². The molecule has 94 valence electrons. The molecule has 1 heterocycles. The second-order valence-electron chi connectivity index (χ2n) is 3.89. The van der Waals surface area contributed by atoms with Crippen molar-refractivity contribution in [3.05, 3.63) is 35.7 Å². The number of aromatic hydroxyl groups is 2. The SMILES string of the molecule is CCc1cn(CC(=O)c2ccc(O)c(O)c2)nn1. The molecule has 18 heavy (non-hydrogen) atoms. The van der Waals surface area contributed by atoms with Gasteiger partial charge in [0.05, 0.1) is 5.69 Å². The molecule has 0 fully saturated rings. The van der Waals surface area contributed by atoms with Crippen molar-refractivity contribution in [1.29, 1.82) is 0 Å². The van der Waals surface area contributed by atoms with Crippen LogP contribution >= 0.6 is 0 Å². The van der Waals surface area contributed by atoms with Crippen LogP contribution in [0.3, 0.4) is 0 Å². The summed E-state index contributed by atoms with van der Waals surface area (Å²) in [6, 6.07) is 3.96. The highest BCUT2D eigenvalue weighted by Crippen LogP contribution is 2.25. The summed E-state index contributed by atoms with van der Waals surface area (Å²) in [5.74, 6) is -0.771. The van der Waals surface area contributed by atoms with Crippen LogP contribution in [0.5, 0.6) is 11.5 Å². The van der Waals surface area contributed by atoms with Gasteiger partial charge in [-0.3, -0.25) is 4.79 Å². The van der Waals surface area contributed by atoms with Crippen LogP contribution in [-0.2, 0) is 13.0 Å². The maximum Gasteiger partial charge on any atom is 0.184 e. The molecule has 0 unspecified atom stereocenters. The molecule has 1 aromatic carbocycles. The third-order valence-corrected chi connectivity index (χ3v) is 2.55. The molecule has 0 saturated heterocycles.